The van der Waals surface area contributed by atoms with E-state index < -0.39 is 0 Å². The Labute approximate surface area is 139 Å². The molecular weight excluding hydrogens is 342 g/mol. The minimum absolute atomic E-state index is 0.324. The molecule has 0 radical (unpaired) electrons. The summed E-state index contributed by atoms with van der Waals surface area (Å²) in [5.41, 5.74) is 8.62. The molecule has 1 unspecified atom stereocenters. The molecule has 0 aliphatic heterocycles. The average molecular weight is 362 g/mol. The van der Waals surface area contributed by atoms with Crippen molar-refractivity contribution in [3.05, 3.63) is 64.1 Å². The highest BCUT2D eigenvalue weighted by Gasteiger charge is 2.06. The first-order valence-electron chi connectivity index (χ1n) is 7.14. The summed E-state index contributed by atoms with van der Waals surface area (Å²) in [7, 11) is 0. The highest BCUT2D eigenvalue weighted by molar-refractivity contribution is 9.10. The number of amides is 1. The van der Waals surface area contributed by atoms with E-state index in [-0.39, 0.29) is 11.9 Å². The number of anilines is 1. The van der Waals surface area contributed by atoms with Crippen molar-refractivity contribution in [1.82, 2.24) is 5.32 Å². The molecule has 0 bridgehead atoms. The molecular formula is C17H20BrN3O. The topological polar surface area (TPSA) is 67.2 Å². The second kappa shape index (κ2) is 7.96. The number of halogens is 1. The summed E-state index contributed by atoms with van der Waals surface area (Å²) in [6.07, 6.45) is 0. The Hall–Kier alpha value is -1.85. The summed E-state index contributed by atoms with van der Waals surface area (Å²) in [4.78, 5) is 11.0. The zero-order valence-corrected chi connectivity index (χ0v) is 14.1. The average Bonchev–Trinajstić information content (AvgIpc) is 2.53. The van der Waals surface area contributed by atoms with Gasteiger partial charge in [0.25, 0.3) is 0 Å². The lowest BCUT2D eigenvalue weighted by Gasteiger charge is -2.11. The summed E-state index contributed by atoms with van der Waals surface area (Å²) in [5, 5.41) is 6.46. The predicted octanol–water partition coefficient (Wildman–Crippen LogP) is 3.02. The van der Waals surface area contributed by atoms with E-state index in [1.165, 1.54) is 5.56 Å². The molecule has 0 saturated carbocycles. The number of benzene rings is 2. The van der Waals surface area contributed by atoms with Crippen LogP contribution in [0.15, 0.2) is 53.0 Å². The molecule has 1 amide bonds. The van der Waals surface area contributed by atoms with Crippen molar-refractivity contribution in [1.29, 1.82) is 0 Å². The Morgan fingerprint density at radius 1 is 1.05 bits per heavy atom. The molecule has 2 aromatic carbocycles. The largest absolute Gasteiger partial charge is 0.381 e. The van der Waals surface area contributed by atoms with Crippen LogP contribution in [0.25, 0.3) is 0 Å². The Balaban J connectivity index is 1.83. The minimum atomic E-state index is -0.340. The van der Waals surface area contributed by atoms with Crippen molar-refractivity contribution in [2.75, 3.05) is 5.32 Å². The molecule has 0 spiro atoms. The smallest absolute Gasteiger partial charge is 0.234 e. The lowest BCUT2D eigenvalue weighted by molar-refractivity contribution is -0.119. The summed E-state index contributed by atoms with van der Waals surface area (Å²) in [5.74, 6) is -0.340. The predicted molar refractivity (Wildman–Crippen MR) is 93.4 cm³/mol. The zero-order chi connectivity index (χ0) is 15.9. The van der Waals surface area contributed by atoms with E-state index in [1.54, 1.807) is 6.92 Å². The Kier molecular flexibility index (Phi) is 5.98. The Bertz CT molecular complexity index is 611. The second-order valence-electron chi connectivity index (χ2n) is 5.18. The van der Waals surface area contributed by atoms with Gasteiger partial charge < -0.3 is 16.4 Å². The highest BCUT2D eigenvalue weighted by atomic mass is 79.9. The number of hydrogen-bond acceptors (Lipinski definition) is 3. The highest BCUT2D eigenvalue weighted by Crippen LogP contribution is 2.14. The number of carbonyl (C=O) groups excluding carboxylic acids is 1. The van der Waals surface area contributed by atoms with Crippen molar-refractivity contribution in [2.45, 2.75) is 26.1 Å². The van der Waals surface area contributed by atoms with Crippen LogP contribution in [-0.4, -0.2) is 11.9 Å². The summed E-state index contributed by atoms with van der Waals surface area (Å²) in [6, 6.07) is 16.0. The van der Waals surface area contributed by atoms with Crippen LogP contribution in [0, 0.1) is 0 Å². The third-order valence-electron chi connectivity index (χ3n) is 3.40. The Morgan fingerprint density at radius 3 is 2.18 bits per heavy atom. The van der Waals surface area contributed by atoms with Crippen LogP contribution < -0.4 is 16.4 Å². The molecule has 116 valence electrons. The number of primary amides is 1. The van der Waals surface area contributed by atoms with Gasteiger partial charge in [0, 0.05) is 23.2 Å². The van der Waals surface area contributed by atoms with Crippen molar-refractivity contribution in [3.8, 4) is 0 Å². The molecule has 4 N–H and O–H groups in total. The van der Waals surface area contributed by atoms with Gasteiger partial charge >= 0.3 is 0 Å². The van der Waals surface area contributed by atoms with Gasteiger partial charge in [0.2, 0.25) is 5.91 Å². The first-order valence-corrected chi connectivity index (χ1v) is 7.94. The first-order chi connectivity index (χ1) is 10.5. The van der Waals surface area contributed by atoms with E-state index in [1.807, 2.05) is 36.4 Å². The standard InChI is InChI=1S/C17H20BrN3O/c1-12(17(19)22)20-10-14-4-8-16(9-5-14)21-11-13-2-6-15(18)7-3-13/h2-9,12,20-21H,10-11H2,1H3,(H2,19,22). The van der Waals surface area contributed by atoms with Crippen LogP contribution in [-0.2, 0) is 17.9 Å². The fourth-order valence-corrected chi connectivity index (χ4v) is 2.18. The van der Waals surface area contributed by atoms with Crippen LogP contribution in [0.1, 0.15) is 18.1 Å². The van der Waals surface area contributed by atoms with Gasteiger partial charge in [-0.25, -0.2) is 0 Å². The fourth-order valence-electron chi connectivity index (χ4n) is 1.92. The van der Waals surface area contributed by atoms with Crippen molar-refractivity contribution in [2.24, 2.45) is 5.73 Å². The van der Waals surface area contributed by atoms with E-state index in [0.717, 1.165) is 22.3 Å². The third kappa shape index (κ3) is 5.16. The van der Waals surface area contributed by atoms with E-state index in [2.05, 4.69) is 38.7 Å². The van der Waals surface area contributed by atoms with E-state index >= 15 is 0 Å². The van der Waals surface area contributed by atoms with Crippen LogP contribution in [0.3, 0.4) is 0 Å². The van der Waals surface area contributed by atoms with Gasteiger partial charge in [-0.15, -0.1) is 0 Å². The van der Waals surface area contributed by atoms with Gasteiger partial charge in [-0.05, 0) is 42.3 Å². The maximum absolute atomic E-state index is 11.0. The van der Waals surface area contributed by atoms with E-state index in [9.17, 15) is 4.79 Å². The maximum atomic E-state index is 11.0. The van der Waals surface area contributed by atoms with Gasteiger partial charge in [0.1, 0.15) is 0 Å². The van der Waals surface area contributed by atoms with Gasteiger partial charge in [-0.3, -0.25) is 4.79 Å². The lowest BCUT2D eigenvalue weighted by Crippen LogP contribution is -2.38. The fraction of sp³-hybridized carbons (Fsp3) is 0.235. The molecule has 0 aliphatic rings. The third-order valence-corrected chi connectivity index (χ3v) is 3.93. The molecule has 22 heavy (non-hydrogen) atoms. The second-order valence-corrected chi connectivity index (χ2v) is 6.10. The zero-order valence-electron chi connectivity index (χ0n) is 12.5. The molecule has 2 aromatic rings. The number of nitrogens with one attached hydrogen (secondary N) is 2. The van der Waals surface area contributed by atoms with E-state index in [4.69, 9.17) is 5.73 Å². The van der Waals surface area contributed by atoms with E-state index in [0.29, 0.717) is 6.54 Å². The van der Waals surface area contributed by atoms with Gasteiger partial charge in [0.15, 0.2) is 0 Å². The number of rotatable bonds is 7. The molecule has 0 heterocycles. The lowest BCUT2D eigenvalue weighted by atomic mass is 10.2. The van der Waals surface area contributed by atoms with Gasteiger partial charge in [-0.2, -0.15) is 0 Å². The Morgan fingerprint density at radius 2 is 1.59 bits per heavy atom. The van der Waals surface area contributed by atoms with Crippen LogP contribution >= 0.6 is 15.9 Å². The molecule has 0 fully saturated rings. The minimum Gasteiger partial charge on any atom is -0.381 e. The molecule has 0 aromatic heterocycles. The monoisotopic (exact) mass is 361 g/mol. The molecule has 2 rings (SSSR count). The van der Waals surface area contributed by atoms with Crippen molar-refractivity contribution in [3.63, 3.8) is 0 Å². The quantitative estimate of drug-likeness (QED) is 0.709. The molecule has 0 saturated heterocycles. The number of carbonyl (C=O) groups is 1. The van der Waals surface area contributed by atoms with Gasteiger partial charge in [0.05, 0.1) is 6.04 Å². The molecule has 0 aliphatic carbocycles. The van der Waals surface area contributed by atoms with Crippen LogP contribution in [0.5, 0.6) is 0 Å². The van der Waals surface area contributed by atoms with Crippen molar-refractivity contribution >= 4 is 27.5 Å². The molecule has 1 atom stereocenters. The maximum Gasteiger partial charge on any atom is 0.234 e. The summed E-state index contributed by atoms with van der Waals surface area (Å²) >= 11 is 3.43. The number of hydrogen-bond donors (Lipinski definition) is 3. The first kappa shape index (κ1) is 16.5. The SMILES string of the molecule is CC(NCc1ccc(NCc2ccc(Br)cc2)cc1)C(N)=O. The number of nitrogens with two attached hydrogens (primary N) is 1. The molecule has 4 nitrogen and oxygen atoms in total. The van der Waals surface area contributed by atoms with Gasteiger partial charge in [-0.1, -0.05) is 40.2 Å². The summed E-state index contributed by atoms with van der Waals surface area (Å²) in [6.45, 7) is 3.16. The normalized spacial score (nSPS) is 11.9. The van der Waals surface area contributed by atoms with Crippen LogP contribution in [0.4, 0.5) is 5.69 Å². The van der Waals surface area contributed by atoms with Crippen LogP contribution in [0.2, 0.25) is 0 Å². The molecule has 5 heteroatoms. The summed E-state index contributed by atoms with van der Waals surface area (Å²) < 4.78 is 1.08. The van der Waals surface area contributed by atoms with Crippen molar-refractivity contribution < 1.29 is 4.79 Å².